The van der Waals surface area contributed by atoms with E-state index in [2.05, 4.69) is 0 Å². The highest BCUT2D eigenvalue weighted by atomic mass is 16.5. The topological polar surface area (TPSA) is 55.8 Å². The van der Waals surface area contributed by atoms with Crippen LogP contribution in [0.2, 0.25) is 0 Å². The number of esters is 1. The summed E-state index contributed by atoms with van der Waals surface area (Å²) in [7, 11) is 1.63. The third-order valence-electron chi connectivity index (χ3n) is 4.19. The average molecular weight is 319 g/mol. The van der Waals surface area contributed by atoms with Crippen molar-refractivity contribution in [1.29, 1.82) is 0 Å². The van der Waals surface area contributed by atoms with Crippen LogP contribution in [-0.4, -0.2) is 43.6 Å². The van der Waals surface area contributed by atoms with Gasteiger partial charge in [-0.05, 0) is 37.8 Å². The van der Waals surface area contributed by atoms with Crippen molar-refractivity contribution < 1.29 is 19.1 Å². The minimum atomic E-state index is -0.185. The number of hydrogen-bond donors (Lipinski definition) is 0. The van der Waals surface area contributed by atoms with Crippen LogP contribution >= 0.6 is 0 Å². The first-order valence-corrected chi connectivity index (χ1v) is 8.22. The molecular weight excluding hydrogens is 294 g/mol. The highest BCUT2D eigenvalue weighted by Gasteiger charge is 2.29. The van der Waals surface area contributed by atoms with E-state index in [4.69, 9.17) is 9.47 Å². The fraction of sp³-hybridized carbons (Fsp3) is 0.556. The Morgan fingerprint density at radius 1 is 1.30 bits per heavy atom. The van der Waals surface area contributed by atoms with Gasteiger partial charge >= 0.3 is 5.97 Å². The minimum absolute atomic E-state index is 0.0879. The number of aryl methyl sites for hydroxylation is 1. The molecule has 126 valence electrons. The van der Waals surface area contributed by atoms with Crippen LogP contribution in [0.1, 0.15) is 31.7 Å². The number of amides is 1. The predicted molar refractivity (Wildman–Crippen MR) is 87.3 cm³/mol. The lowest BCUT2D eigenvalue weighted by atomic mass is 9.97. The number of nitrogens with zero attached hydrogens (tertiary/aromatic N) is 1. The summed E-state index contributed by atoms with van der Waals surface area (Å²) in [4.78, 5) is 26.1. The summed E-state index contributed by atoms with van der Waals surface area (Å²) in [5.41, 5.74) is 1.03. The van der Waals surface area contributed by atoms with Crippen LogP contribution < -0.4 is 4.74 Å². The molecule has 1 atom stereocenters. The summed E-state index contributed by atoms with van der Waals surface area (Å²) in [6.45, 7) is 3.39. The highest BCUT2D eigenvalue weighted by Crippen LogP contribution is 2.21. The SMILES string of the molecule is CCOC(=O)[C@H]1CCCN(C(=O)CCc2ccccc2OC)C1. The molecule has 5 nitrogen and oxygen atoms in total. The van der Waals surface area contributed by atoms with E-state index in [1.165, 1.54) is 0 Å². The summed E-state index contributed by atoms with van der Waals surface area (Å²) >= 11 is 0. The van der Waals surface area contributed by atoms with Crippen LogP contribution in [-0.2, 0) is 20.7 Å². The summed E-state index contributed by atoms with van der Waals surface area (Å²) in [6, 6.07) is 7.74. The van der Waals surface area contributed by atoms with Crippen molar-refractivity contribution in [2.75, 3.05) is 26.8 Å². The number of rotatable bonds is 6. The van der Waals surface area contributed by atoms with Crippen molar-refractivity contribution >= 4 is 11.9 Å². The van der Waals surface area contributed by atoms with Gasteiger partial charge in [0, 0.05) is 19.5 Å². The Hall–Kier alpha value is -2.04. The Morgan fingerprint density at radius 2 is 2.09 bits per heavy atom. The first-order chi connectivity index (χ1) is 11.2. The molecule has 2 rings (SSSR count). The van der Waals surface area contributed by atoms with E-state index in [0.717, 1.165) is 30.7 Å². The Labute approximate surface area is 137 Å². The molecule has 0 unspecified atom stereocenters. The molecule has 0 aliphatic carbocycles. The number of carbonyl (C=O) groups is 2. The zero-order valence-electron chi connectivity index (χ0n) is 13.9. The van der Waals surface area contributed by atoms with E-state index in [9.17, 15) is 9.59 Å². The average Bonchev–Trinajstić information content (AvgIpc) is 2.60. The second-order valence-corrected chi connectivity index (χ2v) is 5.74. The van der Waals surface area contributed by atoms with Crippen LogP contribution in [0.15, 0.2) is 24.3 Å². The maximum absolute atomic E-state index is 12.4. The maximum atomic E-state index is 12.4. The van der Waals surface area contributed by atoms with E-state index >= 15 is 0 Å². The number of likely N-dealkylation sites (tertiary alicyclic amines) is 1. The van der Waals surface area contributed by atoms with Crippen molar-refractivity contribution in [3.05, 3.63) is 29.8 Å². The molecule has 1 aromatic rings. The van der Waals surface area contributed by atoms with Gasteiger partial charge in [-0.1, -0.05) is 18.2 Å². The van der Waals surface area contributed by atoms with Crippen molar-refractivity contribution in [3.63, 3.8) is 0 Å². The Morgan fingerprint density at radius 3 is 2.83 bits per heavy atom. The Bertz CT molecular complexity index is 544. The van der Waals surface area contributed by atoms with Crippen LogP contribution in [0.4, 0.5) is 0 Å². The highest BCUT2D eigenvalue weighted by molar-refractivity contribution is 5.78. The normalized spacial score (nSPS) is 17.7. The molecule has 1 aliphatic heterocycles. The van der Waals surface area contributed by atoms with Gasteiger partial charge in [0.15, 0.2) is 0 Å². The van der Waals surface area contributed by atoms with Gasteiger partial charge in [-0.3, -0.25) is 9.59 Å². The molecule has 1 saturated heterocycles. The number of hydrogen-bond acceptors (Lipinski definition) is 4. The molecule has 5 heteroatoms. The Balaban J connectivity index is 1.89. The van der Waals surface area contributed by atoms with E-state index in [-0.39, 0.29) is 17.8 Å². The quantitative estimate of drug-likeness (QED) is 0.756. The summed E-state index contributed by atoms with van der Waals surface area (Å²) in [5, 5.41) is 0. The van der Waals surface area contributed by atoms with E-state index in [1.54, 1.807) is 18.9 Å². The molecule has 0 spiro atoms. The van der Waals surface area contributed by atoms with Crippen molar-refractivity contribution in [3.8, 4) is 5.75 Å². The maximum Gasteiger partial charge on any atom is 0.310 e. The molecule has 0 radical (unpaired) electrons. The van der Waals surface area contributed by atoms with Gasteiger partial charge in [0.25, 0.3) is 0 Å². The van der Waals surface area contributed by atoms with Gasteiger partial charge in [0.05, 0.1) is 19.6 Å². The number of carbonyl (C=O) groups excluding carboxylic acids is 2. The molecule has 1 aromatic carbocycles. The molecule has 0 saturated carbocycles. The molecule has 1 fully saturated rings. The van der Waals surface area contributed by atoms with Crippen molar-refractivity contribution in [1.82, 2.24) is 4.90 Å². The molecule has 0 N–H and O–H groups in total. The number of piperidine rings is 1. The van der Waals surface area contributed by atoms with E-state index in [0.29, 0.717) is 26.0 Å². The standard InChI is InChI=1S/C18H25NO4/c1-3-23-18(21)15-8-6-12-19(13-15)17(20)11-10-14-7-4-5-9-16(14)22-2/h4-5,7,9,15H,3,6,8,10-13H2,1-2H3/t15-/m0/s1. The van der Waals surface area contributed by atoms with Crippen LogP contribution in [0.5, 0.6) is 5.75 Å². The minimum Gasteiger partial charge on any atom is -0.496 e. The van der Waals surface area contributed by atoms with Gasteiger partial charge in [0.1, 0.15) is 5.75 Å². The van der Waals surface area contributed by atoms with Gasteiger partial charge in [0.2, 0.25) is 5.91 Å². The lowest BCUT2D eigenvalue weighted by Gasteiger charge is -2.31. The zero-order chi connectivity index (χ0) is 16.7. The molecule has 0 bridgehead atoms. The molecule has 1 amide bonds. The predicted octanol–water partition coefficient (Wildman–Crippen LogP) is 2.43. The Kier molecular flexibility index (Phi) is 6.44. The van der Waals surface area contributed by atoms with Gasteiger partial charge in [-0.2, -0.15) is 0 Å². The first-order valence-electron chi connectivity index (χ1n) is 8.22. The smallest absolute Gasteiger partial charge is 0.310 e. The van der Waals surface area contributed by atoms with Crippen molar-refractivity contribution in [2.45, 2.75) is 32.6 Å². The lowest BCUT2D eigenvalue weighted by Crippen LogP contribution is -2.42. The molecule has 0 aromatic heterocycles. The van der Waals surface area contributed by atoms with E-state index < -0.39 is 0 Å². The fourth-order valence-electron chi connectivity index (χ4n) is 2.97. The summed E-state index contributed by atoms with van der Waals surface area (Å²) in [6.07, 6.45) is 2.72. The second-order valence-electron chi connectivity index (χ2n) is 5.74. The number of benzene rings is 1. The second kappa shape index (κ2) is 8.56. The first kappa shape index (κ1) is 17.3. The third-order valence-corrected chi connectivity index (χ3v) is 4.19. The lowest BCUT2D eigenvalue weighted by molar-refractivity contribution is -0.151. The number of ether oxygens (including phenoxy) is 2. The largest absolute Gasteiger partial charge is 0.496 e. The van der Waals surface area contributed by atoms with Crippen molar-refractivity contribution in [2.24, 2.45) is 5.92 Å². The van der Waals surface area contributed by atoms with Crippen LogP contribution in [0, 0.1) is 5.92 Å². The van der Waals surface area contributed by atoms with Gasteiger partial charge < -0.3 is 14.4 Å². The van der Waals surface area contributed by atoms with Crippen LogP contribution in [0.3, 0.4) is 0 Å². The molecule has 1 heterocycles. The van der Waals surface area contributed by atoms with Gasteiger partial charge in [-0.25, -0.2) is 0 Å². The summed E-state index contributed by atoms with van der Waals surface area (Å²) in [5.74, 6) is 0.530. The number of para-hydroxylation sites is 1. The zero-order valence-corrected chi connectivity index (χ0v) is 13.9. The third kappa shape index (κ3) is 4.71. The van der Waals surface area contributed by atoms with Gasteiger partial charge in [-0.15, -0.1) is 0 Å². The summed E-state index contributed by atoms with van der Waals surface area (Å²) < 4.78 is 10.4. The fourth-order valence-corrected chi connectivity index (χ4v) is 2.97. The monoisotopic (exact) mass is 319 g/mol. The molecule has 23 heavy (non-hydrogen) atoms. The molecule has 1 aliphatic rings. The number of methoxy groups -OCH3 is 1. The van der Waals surface area contributed by atoms with E-state index in [1.807, 2.05) is 24.3 Å². The van der Waals surface area contributed by atoms with Crippen LogP contribution in [0.25, 0.3) is 0 Å². The molecular formula is C18H25NO4.